The predicted molar refractivity (Wildman–Crippen MR) is 106 cm³/mol. The summed E-state index contributed by atoms with van der Waals surface area (Å²) in [5.74, 6) is -0.694. The van der Waals surface area contributed by atoms with E-state index < -0.39 is 0 Å². The SMILES string of the molecule is CC(=NNC(=O)CCC(=O)Nc1ccc(Cl)cc1Cl)c1ccc(N)cc1. The van der Waals surface area contributed by atoms with Gasteiger partial charge in [-0.1, -0.05) is 35.3 Å². The zero-order chi connectivity index (χ0) is 19.1. The number of nitrogens with one attached hydrogen (secondary N) is 2. The number of anilines is 2. The molecule has 0 heterocycles. The Morgan fingerprint density at radius 2 is 1.69 bits per heavy atom. The molecule has 0 unspecified atom stereocenters. The molecule has 0 atom stereocenters. The quantitative estimate of drug-likeness (QED) is 0.395. The predicted octanol–water partition coefficient (Wildman–Crippen LogP) is 3.83. The fourth-order valence-electron chi connectivity index (χ4n) is 2.02. The average molecular weight is 393 g/mol. The molecule has 0 saturated carbocycles. The van der Waals surface area contributed by atoms with Gasteiger partial charge in [-0.15, -0.1) is 0 Å². The number of hydrogen-bond acceptors (Lipinski definition) is 4. The topological polar surface area (TPSA) is 96.6 Å². The lowest BCUT2D eigenvalue weighted by Crippen LogP contribution is -2.21. The number of nitrogen functional groups attached to an aromatic ring is 1. The molecule has 0 aliphatic heterocycles. The number of carbonyl (C=O) groups excluding carboxylic acids is 2. The molecule has 6 nitrogen and oxygen atoms in total. The van der Waals surface area contributed by atoms with E-state index in [2.05, 4.69) is 15.8 Å². The summed E-state index contributed by atoms with van der Waals surface area (Å²) in [6.07, 6.45) is -0.00319. The average Bonchev–Trinajstić information content (AvgIpc) is 2.61. The Morgan fingerprint density at radius 3 is 2.35 bits per heavy atom. The molecule has 4 N–H and O–H groups in total. The van der Waals surface area contributed by atoms with Crippen LogP contribution in [-0.4, -0.2) is 17.5 Å². The summed E-state index contributed by atoms with van der Waals surface area (Å²) in [6, 6.07) is 11.9. The normalized spacial score (nSPS) is 11.1. The van der Waals surface area contributed by atoms with E-state index in [1.165, 1.54) is 6.07 Å². The first-order valence-electron chi connectivity index (χ1n) is 7.79. The van der Waals surface area contributed by atoms with E-state index in [4.69, 9.17) is 28.9 Å². The molecule has 8 heteroatoms. The van der Waals surface area contributed by atoms with Crippen LogP contribution >= 0.6 is 23.2 Å². The van der Waals surface area contributed by atoms with E-state index in [9.17, 15) is 9.59 Å². The minimum atomic E-state index is -0.364. The highest BCUT2D eigenvalue weighted by molar-refractivity contribution is 6.36. The summed E-state index contributed by atoms with van der Waals surface area (Å²) in [4.78, 5) is 23.8. The summed E-state index contributed by atoms with van der Waals surface area (Å²) in [6.45, 7) is 1.76. The van der Waals surface area contributed by atoms with Crippen LogP contribution in [0.15, 0.2) is 47.6 Å². The van der Waals surface area contributed by atoms with E-state index in [0.29, 0.717) is 27.1 Å². The Balaban J connectivity index is 1.81. The molecule has 136 valence electrons. The number of nitrogens with two attached hydrogens (primary N) is 1. The number of benzene rings is 2. The van der Waals surface area contributed by atoms with Gasteiger partial charge in [0.05, 0.1) is 16.4 Å². The summed E-state index contributed by atoms with van der Waals surface area (Å²) in [7, 11) is 0. The van der Waals surface area contributed by atoms with Crippen molar-refractivity contribution in [3.63, 3.8) is 0 Å². The molecule has 26 heavy (non-hydrogen) atoms. The van der Waals surface area contributed by atoms with Crippen molar-refractivity contribution in [2.75, 3.05) is 11.1 Å². The second-order valence-corrected chi connectivity index (χ2v) is 6.37. The molecule has 0 bridgehead atoms. The van der Waals surface area contributed by atoms with Crippen molar-refractivity contribution >= 4 is 52.1 Å². The van der Waals surface area contributed by atoms with Crippen molar-refractivity contribution in [2.45, 2.75) is 19.8 Å². The summed E-state index contributed by atoms with van der Waals surface area (Å²) < 4.78 is 0. The van der Waals surface area contributed by atoms with Gasteiger partial charge in [0.15, 0.2) is 0 Å². The van der Waals surface area contributed by atoms with Crippen LogP contribution in [0.2, 0.25) is 10.0 Å². The molecular formula is C18H18Cl2N4O2. The van der Waals surface area contributed by atoms with Gasteiger partial charge in [-0.3, -0.25) is 9.59 Å². The molecule has 0 spiro atoms. The van der Waals surface area contributed by atoms with E-state index in [1.807, 2.05) is 12.1 Å². The van der Waals surface area contributed by atoms with Gasteiger partial charge >= 0.3 is 0 Å². The fourth-order valence-corrected chi connectivity index (χ4v) is 2.48. The highest BCUT2D eigenvalue weighted by atomic mass is 35.5. The highest BCUT2D eigenvalue weighted by Crippen LogP contribution is 2.25. The number of rotatable bonds is 6. The van der Waals surface area contributed by atoms with Gasteiger partial charge in [-0.2, -0.15) is 5.10 Å². The Hall–Kier alpha value is -2.57. The number of amides is 2. The lowest BCUT2D eigenvalue weighted by molar-refractivity contribution is -0.124. The molecule has 2 amide bonds. The standard InChI is InChI=1S/C18H18Cl2N4O2/c1-11(12-2-5-14(21)6-3-12)23-24-18(26)9-8-17(25)22-16-7-4-13(19)10-15(16)20/h2-7,10H,8-9,21H2,1H3,(H,22,25)(H,24,26). The summed E-state index contributed by atoms with van der Waals surface area (Å²) >= 11 is 11.8. The smallest absolute Gasteiger partial charge is 0.240 e. The van der Waals surface area contributed by atoms with Gasteiger partial charge in [-0.25, -0.2) is 5.43 Å². The molecule has 2 aromatic carbocycles. The zero-order valence-electron chi connectivity index (χ0n) is 14.1. The number of carbonyl (C=O) groups is 2. The van der Waals surface area contributed by atoms with Crippen LogP contribution in [-0.2, 0) is 9.59 Å². The van der Waals surface area contributed by atoms with Crippen LogP contribution in [0, 0.1) is 0 Å². The van der Waals surface area contributed by atoms with Crippen molar-refractivity contribution in [1.29, 1.82) is 0 Å². The number of halogens is 2. The molecule has 2 rings (SSSR count). The lowest BCUT2D eigenvalue weighted by Gasteiger charge is -2.07. The number of nitrogens with zero attached hydrogens (tertiary/aromatic N) is 1. The van der Waals surface area contributed by atoms with Gasteiger partial charge < -0.3 is 11.1 Å². The van der Waals surface area contributed by atoms with Crippen LogP contribution in [0.25, 0.3) is 0 Å². The minimum Gasteiger partial charge on any atom is -0.399 e. The Labute approximate surface area is 161 Å². The second kappa shape index (κ2) is 9.22. The van der Waals surface area contributed by atoms with Crippen molar-refractivity contribution in [3.05, 3.63) is 58.1 Å². The first kappa shape index (κ1) is 19.8. The van der Waals surface area contributed by atoms with E-state index in [-0.39, 0.29) is 24.7 Å². The maximum atomic E-state index is 11.9. The Bertz CT molecular complexity index is 836. The third-order valence-corrected chi connectivity index (χ3v) is 4.01. The van der Waals surface area contributed by atoms with Crippen molar-refractivity contribution in [2.24, 2.45) is 5.10 Å². The molecule has 0 saturated heterocycles. The van der Waals surface area contributed by atoms with Gasteiger partial charge in [0.2, 0.25) is 11.8 Å². The molecule has 0 radical (unpaired) electrons. The fraction of sp³-hybridized carbons (Fsp3) is 0.167. The minimum absolute atomic E-state index is 0.00122. The van der Waals surface area contributed by atoms with E-state index in [0.717, 1.165) is 5.56 Å². The molecule has 0 aliphatic rings. The maximum Gasteiger partial charge on any atom is 0.240 e. The molecular weight excluding hydrogens is 375 g/mol. The highest BCUT2D eigenvalue weighted by Gasteiger charge is 2.09. The second-order valence-electron chi connectivity index (χ2n) is 5.53. The third kappa shape index (κ3) is 6.06. The number of hydrazone groups is 1. The first-order chi connectivity index (χ1) is 12.3. The monoisotopic (exact) mass is 392 g/mol. The van der Waals surface area contributed by atoms with Gasteiger partial charge in [0.25, 0.3) is 0 Å². The molecule has 0 aliphatic carbocycles. The molecule has 0 fully saturated rings. The van der Waals surface area contributed by atoms with Gasteiger partial charge in [0.1, 0.15) is 0 Å². The van der Waals surface area contributed by atoms with Crippen LogP contribution in [0.5, 0.6) is 0 Å². The molecule has 0 aromatic heterocycles. The van der Waals surface area contributed by atoms with Crippen LogP contribution in [0.3, 0.4) is 0 Å². The summed E-state index contributed by atoms with van der Waals surface area (Å²) in [5, 5.41) is 7.46. The van der Waals surface area contributed by atoms with E-state index in [1.54, 1.807) is 31.2 Å². The van der Waals surface area contributed by atoms with Crippen LogP contribution < -0.4 is 16.5 Å². The van der Waals surface area contributed by atoms with Crippen molar-refractivity contribution in [1.82, 2.24) is 5.43 Å². The van der Waals surface area contributed by atoms with Crippen LogP contribution in [0.4, 0.5) is 11.4 Å². The van der Waals surface area contributed by atoms with Gasteiger partial charge in [0, 0.05) is 23.6 Å². The summed E-state index contributed by atoms with van der Waals surface area (Å²) in [5.41, 5.74) is 10.6. The zero-order valence-corrected chi connectivity index (χ0v) is 15.6. The Morgan fingerprint density at radius 1 is 1.04 bits per heavy atom. The number of hydrogen-bond donors (Lipinski definition) is 3. The Kier molecular flexibility index (Phi) is 7.00. The lowest BCUT2D eigenvalue weighted by atomic mass is 10.1. The van der Waals surface area contributed by atoms with Crippen molar-refractivity contribution in [3.8, 4) is 0 Å². The first-order valence-corrected chi connectivity index (χ1v) is 8.54. The van der Waals surface area contributed by atoms with Crippen molar-refractivity contribution < 1.29 is 9.59 Å². The van der Waals surface area contributed by atoms with Gasteiger partial charge in [-0.05, 0) is 42.8 Å². The van der Waals surface area contributed by atoms with Crippen LogP contribution in [0.1, 0.15) is 25.3 Å². The molecule has 2 aromatic rings. The largest absolute Gasteiger partial charge is 0.399 e. The maximum absolute atomic E-state index is 11.9. The van der Waals surface area contributed by atoms with E-state index >= 15 is 0 Å². The third-order valence-electron chi connectivity index (χ3n) is 3.46.